The van der Waals surface area contributed by atoms with Gasteiger partial charge in [-0.15, -0.1) is 0 Å². The van der Waals surface area contributed by atoms with Crippen molar-refractivity contribution >= 4 is 32.5 Å². The monoisotopic (exact) mass is 358 g/mol. The van der Waals surface area contributed by atoms with E-state index in [1.165, 1.54) is 12.1 Å². The van der Waals surface area contributed by atoms with E-state index < -0.39 is 9.84 Å². The van der Waals surface area contributed by atoms with Gasteiger partial charge in [-0.2, -0.15) is 0 Å². The second-order valence-corrected chi connectivity index (χ2v) is 7.81. The van der Waals surface area contributed by atoms with Gasteiger partial charge in [-0.3, -0.25) is 4.79 Å². The lowest BCUT2D eigenvalue weighted by Gasteiger charge is -2.04. The number of oxazole rings is 1. The van der Waals surface area contributed by atoms with Crippen molar-refractivity contribution in [2.45, 2.75) is 25.2 Å². The van der Waals surface area contributed by atoms with Crippen molar-refractivity contribution in [2.24, 2.45) is 0 Å². The molecule has 3 rings (SSSR count). The first-order valence-electron chi connectivity index (χ1n) is 7.96. The van der Waals surface area contributed by atoms with E-state index >= 15 is 0 Å². The van der Waals surface area contributed by atoms with Crippen LogP contribution in [0.2, 0.25) is 0 Å². The van der Waals surface area contributed by atoms with Crippen molar-refractivity contribution in [3.63, 3.8) is 0 Å². The topological polar surface area (TPSA) is 89.3 Å². The summed E-state index contributed by atoms with van der Waals surface area (Å²) in [6.07, 6.45) is 0.391. The first kappa shape index (κ1) is 17.2. The third-order valence-corrected chi connectivity index (χ3v) is 5.54. The molecule has 0 aliphatic heterocycles. The maximum Gasteiger partial charge on any atom is 0.227 e. The highest BCUT2D eigenvalue weighted by atomic mass is 32.2. The Morgan fingerprint density at radius 2 is 1.96 bits per heavy atom. The molecule has 0 spiro atoms. The zero-order valence-corrected chi connectivity index (χ0v) is 14.8. The Kier molecular flexibility index (Phi) is 4.59. The number of anilines is 1. The molecule has 0 aliphatic rings. The van der Waals surface area contributed by atoms with Crippen LogP contribution in [0.1, 0.15) is 20.3 Å². The Morgan fingerprint density at radius 1 is 1.16 bits per heavy atom. The largest absolute Gasteiger partial charge is 0.436 e. The minimum absolute atomic E-state index is 0.0301. The van der Waals surface area contributed by atoms with E-state index in [4.69, 9.17) is 4.42 Å². The average Bonchev–Trinajstić information content (AvgIpc) is 3.05. The minimum atomic E-state index is -3.30. The molecule has 0 saturated carbocycles. The summed E-state index contributed by atoms with van der Waals surface area (Å²) in [5.41, 5.74) is 2.34. The summed E-state index contributed by atoms with van der Waals surface area (Å²) in [7, 11) is -3.30. The molecule has 0 saturated heterocycles. The summed E-state index contributed by atoms with van der Waals surface area (Å²) in [6.45, 7) is 3.38. The average molecular weight is 358 g/mol. The summed E-state index contributed by atoms with van der Waals surface area (Å²) >= 11 is 0. The molecule has 6 nitrogen and oxygen atoms in total. The van der Waals surface area contributed by atoms with Gasteiger partial charge in [0, 0.05) is 17.7 Å². The highest BCUT2D eigenvalue weighted by molar-refractivity contribution is 7.91. The van der Waals surface area contributed by atoms with Crippen LogP contribution in [0.5, 0.6) is 0 Å². The number of hydrogen-bond donors (Lipinski definition) is 1. The van der Waals surface area contributed by atoms with Crippen molar-refractivity contribution in [1.82, 2.24) is 4.98 Å². The van der Waals surface area contributed by atoms with E-state index in [1.807, 2.05) is 6.07 Å². The fraction of sp³-hybridized carbons (Fsp3) is 0.222. The summed E-state index contributed by atoms with van der Waals surface area (Å²) in [5.74, 6) is 0.320. The fourth-order valence-electron chi connectivity index (χ4n) is 2.37. The van der Waals surface area contributed by atoms with Gasteiger partial charge in [0.15, 0.2) is 15.4 Å². The van der Waals surface area contributed by atoms with Crippen molar-refractivity contribution in [3.8, 4) is 11.5 Å². The van der Waals surface area contributed by atoms with E-state index in [-0.39, 0.29) is 16.6 Å². The van der Waals surface area contributed by atoms with Gasteiger partial charge >= 0.3 is 0 Å². The molecule has 1 heterocycles. The summed E-state index contributed by atoms with van der Waals surface area (Å²) < 4.78 is 29.7. The smallest absolute Gasteiger partial charge is 0.227 e. The molecule has 0 unspecified atom stereocenters. The molecule has 0 bridgehead atoms. The Morgan fingerprint density at radius 3 is 2.68 bits per heavy atom. The van der Waals surface area contributed by atoms with Gasteiger partial charge in [0.05, 0.1) is 10.6 Å². The van der Waals surface area contributed by atoms with Gasteiger partial charge in [0.25, 0.3) is 0 Å². The molecule has 0 radical (unpaired) electrons. The van der Waals surface area contributed by atoms with Crippen LogP contribution >= 0.6 is 0 Å². The van der Waals surface area contributed by atoms with Crippen LogP contribution in [0.4, 0.5) is 5.69 Å². The van der Waals surface area contributed by atoms with Crippen molar-refractivity contribution in [2.75, 3.05) is 11.1 Å². The van der Waals surface area contributed by atoms with E-state index in [2.05, 4.69) is 10.3 Å². The zero-order valence-electron chi connectivity index (χ0n) is 13.9. The maximum absolute atomic E-state index is 12.0. The van der Waals surface area contributed by atoms with Crippen LogP contribution < -0.4 is 5.32 Å². The van der Waals surface area contributed by atoms with Crippen LogP contribution in [0, 0.1) is 0 Å². The number of aromatic nitrogens is 1. The first-order chi connectivity index (χ1) is 11.9. The number of nitrogens with one attached hydrogen (secondary N) is 1. The number of carbonyl (C=O) groups is 1. The molecule has 3 aromatic rings. The highest BCUT2D eigenvalue weighted by Gasteiger charge is 2.15. The molecule has 7 heteroatoms. The predicted molar refractivity (Wildman–Crippen MR) is 96.1 cm³/mol. The Hall–Kier alpha value is -2.67. The molecule has 2 aromatic carbocycles. The molecule has 130 valence electrons. The molecule has 1 N–H and O–H groups in total. The van der Waals surface area contributed by atoms with E-state index in [0.717, 1.165) is 0 Å². The van der Waals surface area contributed by atoms with Gasteiger partial charge in [0.2, 0.25) is 11.8 Å². The number of nitrogens with zero attached hydrogens (tertiary/aromatic N) is 1. The lowest BCUT2D eigenvalue weighted by Crippen LogP contribution is -2.09. The molecule has 0 aliphatic carbocycles. The lowest BCUT2D eigenvalue weighted by molar-refractivity contribution is -0.115. The van der Waals surface area contributed by atoms with E-state index in [1.54, 1.807) is 38.1 Å². The number of amides is 1. The highest BCUT2D eigenvalue weighted by Crippen LogP contribution is 2.28. The SMILES string of the molecule is CCC(=O)Nc1cccc(-c2nc3cc(S(=O)(=O)CC)ccc3o2)c1. The molecule has 0 fully saturated rings. The van der Waals surface area contributed by atoms with Crippen LogP contribution in [0.3, 0.4) is 0 Å². The number of benzene rings is 2. The van der Waals surface area contributed by atoms with Gasteiger partial charge in [-0.25, -0.2) is 13.4 Å². The van der Waals surface area contributed by atoms with Gasteiger partial charge < -0.3 is 9.73 Å². The van der Waals surface area contributed by atoms with E-state index in [0.29, 0.717) is 34.7 Å². The number of fused-ring (bicyclic) bond motifs is 1. The summed E-state index contributed by atoms with van der Waals surface area (Å²) in [5, 5.41) is 2.78. The fourth-order valence-corrected chi connectivity index (χ4v) is 3.27. The van der Waals surface area contributed by atoms with Crippen molar-refractivity contribution in [1.29, 1.82) is 0 Å². The van der Waals surface area contributed by atoms with Crippen molar-refractivity contribution < 1.29 is 17.6 Å². The van der Waals surface area contributed by atoms with Crippen molar-refractivity contribution in [3.05, 3.63) is 42.5 Å². The van der Waals surface area contributed by atoms with Gasteiger partial charge in [-0.1, -0.05) is 19.9 Å². The Balaban J connectivity index is 1.99. The van der Waals surface area contributed by atoms with Crippen LogP contribution in [-0.2, 0) is 14.6 Å². The standard InChI is InChI=1S/C18H18N2O4S/c1-3-17(21)19-13-7-5-6-12(10-13)18-20-15-11-14(25(22,23)4-2)8-9-16(15)24-18/h5-11H,3-4H2,1-2H3,(H,19,21). The normalized spacial score (nSPS) is 11.6. The van der Waals surface area contributed by atoms with Crippen LogP contribution in [-0.4, -0.2) is 25.1 Å². The van der Waals surface area contributed by atoms with Crippen LogP contribution in [0.25, 0.3) is 22.6 Å². The van der Waals surface area contributed by atoms with Gasteiger partial charge in [0.1, 0.15) is 5.52 Å². The Bertz CT molecular complexity index is 1040. The number of sulfone groups is 1. The number of carbonyl (C=O) groups excluding carboxylic acids is 1. The molecule has 1 amide bonds. The summed E-state index contributed by atoms with van der Waals surface area (Å²) in [4.78, 5) is 16.1. The molecular weight excluding hydrogens is 340 g/mol. The molecule has 0 atom stereocenters. The second-order valence-electron chi connectivity index (χ2n) is 5.53. The molecular formula is C18H18N2O4S. The van der Waals surface area contributed by atoms with Crippen LogP contribution in [0.15, 0.2) is 51.8 Å². The third-order valence-electron chi connectivity index (χ3n) is 3.81. The molecule has 25 heavy (non-hydrogen) atoms. The third kappa shape index (κ3) is 3.56. The second kappa shape index (κ2) is 6.68. The van der Waals surface area contributed by atoms with Gasteiger partial charge in [-0.05, 0) is 36.4 Å². The zero-order chi connectivity index (χ0) is 18.0. The quantitative estimate of drug-likeness (QED) is 0.752. The predicted octanol–water partition coefficient (Wildman–Crippen LogP) is 3.64. The number of hydrogen-bond acceptors (Lipinski definition) is 5. The maximum atomic E-state index is 12.0. The Labute approximate surface area is 145 Å². The first-order valence-corrected chi connectivity index (χ1v) is 9.62. The molecule has 1 aromatic heterocycles. The minimum Gasteiger partial charge on any atom is -0.436 e. The lowest BCUT2D eigenvalue weighted by atomic mass is 10.2. The van der Waals surface area contributed by atoms with E-state index in [9.17, 15) is 13.2 Å². The number of rotatable bonds is 5. The summed E-state index contributed by atoms with van der Waals surface area (Å²) in [6, 6.07) is 11.8.